The van der Waals surface area contributed by atoms with Crippen LogP contribution in [0.25, 0.3) is 0 Å². The third-order valence-corrected chi connectivity index (χ3v) is 20.9. The molecule has 1 N–H and O–H groups in total. The van der Waals surface area contributed by atoms with E-state index < -0.39 is 21.8 Å². The Labute approximate surface area is 142 Å². The van der Waals surface area contributed by atoms with Gasteiger partial charge in [-0.25, -0.2) is 0 Å². The summed E-state index contributed by atoms with van der Waals surface area (Å²) in [6.45, 7) is 0. The Morgan fingerprint density at radius 3 is 1.77 bits per heavy atom. The van der Waals surface area contributed by atoms with Crippen molar-refractivity contribution in [2.45, 2.75) is 31.3 Å². The van der Waals surface area contributed by atoms with Gasteiger partial charge in [0.05, 0.1) is 0 Å². The van der Waals surface area contributed by atoms with Gasteiger partial charge in [-0.1, -0.05) is 0 Å². The van der Waals surface area contributed by atoms with Crippen LogP contribution in [0.1, 0.15) is 25.7 Å². The molecule has 0 heterocycles. The molecule has 0 spiro atoms. The molecule has 0 atom stereocenters. The van der Waals surface area contributed by atoms with Crippen molar-refractivity contribution < 1.29 is 5.11 Å². The first-order valence-corrected chi connectivity index (χ1v) is 18.8. The molecule has 3 rings (SSSR count). The molecule has 2 aromatic rings. The van der Waals surface area contributed by atoms with Gasteiger partial charge < -0.3 is 0 Å². The van der Waals surface area contributed by atoms with Crippen LogP contribution in [0, 0.1) is 0 Å². The van der Waals surface area contributed by atoms with E-state index in [1.165, 1.54) is 7.16 Å². The number of halogens is 1. The van der Waals surface area contributed by atoms with Crippen LogP contribution in [0.3, 0.4) is 0 Å². The summed E-state index contributed by atoms with van der Waals surface area (Å²) in [5.41, 5.74) is -0.598. The molecule has 22 heavy (non-hydrogen) atoms. The normalized spacial score (nSPS) is 17.9. The fourth-order valence-corrected chi connectivity index (χ4v) is 15.0. The molecule has 1 nitrogen and oxygen atoms in total. The van der Waals surface area contributed by atoms with Crippen LogP contribution >= 0.6 is 12.7 Å². The van der Waals surface area contributed by atoms with Gasteiger partial charge in [-0.05, 0) is 0 Å². The molecule has 1 fully saturated rings. The summed E-state index contributed by atoms with van der Waals surface area (Å²) < 4.78 is 5.08. The number of hydrogen-bond acceptors (Lipinski definition) is 1. The van der Waals surface area contributed by atoms with E-state index >= 15 is 0 Å². The molecule has 1 aliphatic rings. The Balaban J connectivity index is 2.02. The standard InChI is InChI=1S/C7H11O.2C6H5.BrH.Sn/c1-2-7(8)5-3-4-6-7;2*1-2-4-6-5-3-1;;/h1-2,8H,3-6H2;2*1-5H;1H;/q;;;;+1/p-1. The number of rotatable bonds is 4. The molecule has 0 radical (unpaired) electrons. The van der Waals surface area contributed by atoms with Gasteiger partial charge in [0.1, 0.15) is 0 Å². The Kier molecular flexibility index (Phi) is 5.10. The number of aliphatic hydroxyl groups is 1. The average molecular weight is 464 g/mol. The molecule has 0 amide bonds. The second-order valence-electron chi connectivity index (χ2n) is 6.09. The van der Waals surface area contributed by atoms with Crippen molar-refractivity contribution in [1.82, 2.24) is 0 Å². The predicted octanol–water partition coefficient (Wildman–Crippen LogP) is 3.54. The summed E-state index contributed by atoms with van der Waals surface area (Å²) in [5.74, 6) is 0. The third kappa shape index (κ3) is 3.49. The maximum atomic E-state index is 10.7. The number of benzene rings is 2. The van der Waals surface area contributed by atoms with Crippen LogP contribution in [0.4, 0.5) is 0 Å². The Morgan fingerprint density at radius 2 is 1.32 bits per heavy atom. The zero-order valence-electron chi connectivity index (χ0n) is 12.6. The monoisotopic (exact) mass is 464 g/mol. The van der Waals surface area contributed by atoms with E-state index in [0.717, 1.165) is 25.7 Å². The van der Waals surface area contributed by atoms with Crippen LogP contribution in [-0.4, -0.2) is 26.9 Å². The zero-order valence-corrected chi connectivity index (χ0v) is 17.0. The molecule has 1 aliphatic carbocycles. The fourth-order valence-electron chi connectivity index (χ4n) is 3.14. The van der Waals surface area contributed by atoms with Crippen LogP contribution < -0.4 is 7.16 Å². The molecule has 0 aliphatic heterocycles. The third-order valence-electron chi connectivity index (χ3n) is 4.48. The molecule has 3 heteroatoms. The molecule has 114 valence electrons. The van der Waals surface area contributed by atoms with Crippen molar-refractivity contribution in [2.75, 3.05) is 0 Å². The SMILES string of the molecule is OC1(/C=[CH]\[Sn]([Br])([c]2ccccc2)[c]2ccccc2)CCCC1. The van der Waals surface area contributed by atoms with E-state index in [2.05, 4.69) is 83.5 Å². The summed E-state index contributed by atoms with van der Waals surface area (Å²) >= 11 is 1.11. The summed E-state index contributed by atoms with van der Waals surface area (Å²) in [6.07, 6.45) is 6.12. The first-order chi connectivity index (χ1) is 10.6. The van der Waals surface area contributed by atoms with Gasteiger partial charge in [0.2, 0.25) is 0 Å². The van der Waals surface area contributed by atoms with Gasteiger partial charge in [-0.15, -0.1) is 0 Å². The van der Waals surface area contributed by atoms with E-state index in [4.69, 9.17) is 0 Å². The molecule has 0 unspecified atom stereocenters. The van der Waals surface area contributed by atoms with E-state index in [1.54, 1.807) is 0 Å². The van der Waals surface area contributed by atoms with Crippen molar-refractivity contribution in [3.8, 4) is 0 Å². The van der Waals surface area contributed by atoms with Crippen molar-refractivity contribution in [3.63, 3.8) is 0 Å². The van der Waals surface area contributed by atoms with Crippen LogP contribution in [0.2, 0.25) is 0 Å². The van der Waals surface area contributed by atoms with Gasteiger partial charge in [0.15, 0.2) is 0 Å². The van der Waals surface area contributed by atoms with Crippen molar-refractivity contribution in [2.24, 2.45) is 0 Å². The minimum atomic E-state index is -3.03. The van der Waals surface area contributed by atoms with Crippen LogP contribution in [-0.2, 0) is 0 Å². The molecule has 0 aromatic heterocycles. The summed E-state index contributed by atoms with van der Waals surface area (Å²) in [4.78, 5) is 0. The molecule has 0 saturated heterocycles. The maximum absolute atomic E-state index is 10.7. The molecule has 0 bridgehead atoms. The predicted molar refractivity (Wildman–Crippen MR) is 99.4 cm³/mol. The fraction of sp³-hybridized carbons (Fsp3) is 0.263. The van der Waals surface area contributed by atoms with E-state index in [9.17, 15) is 5.11 Å². The average Bonchev–Trinajstić information content (AvgIpc) is 3.01. The van der Waals surface area contributed by atoms with Gasteiger partial charge >= 0.3 is 143 Å². The Hall–Kier alpha value is -0.581. The topological polar surface area (TPSA) is 20.2 Å². The Morgan fingerprint density at radius 1 is 0.864 bits per heavy atom. The molecular formula is C19H21BrOSn. The minimum absolute atomic E-state index is 0.598. The zero-order chi connectivity index (χ0) is 15.5. The van der Waals surface area contributed by atoms with Crippen molar-refractivity contribution in [1.29, 1.82) is 0 Å². The van der Waals surface area contributed by atoms with Crippen molar-refractivity contribution in [3.05, 3.63) is 70.8 Å². The summed E-state index contributed by atoms with van der Waals surface area (Å²) in [7, 11) is 0. The second kappa shape index (κ2) is 6.89. The molecule has 1 saturated carbocycles. The van der Waals surface area contributed by atoms with E-state index in [1.807, 2.05) is 0 Å². The van der Waals surface area contributed by atoms with Crippen LogP contribution in [0.5, 0.6) is 0 Å². The second-order valence-corrected chi connectivity index (χ2v) is 22.8. The first-order valence-electron chi connectivity index (χ1n) is 7.85. The van der Waals surface area contributed by atoms with E-state index in [-0.39, 0.29) is 0 Å². The molecule has 2 aromatic carbocycles. The van der Waals surface area contributed by atoms with Crippen molar-refractivity contribution >= 4 is 36.0 Å². The van der Waals surface area contributed by atoms with Gasteiger partial charge in [0.25, 0.3) is 0 Å². The summed E-state index contributed by atoms with van der Waals surface area (Å²) in [6, 6.07) is 21.4. The summed E-state index contributed by atoms with van der Waals surface area (Å²) in [5, 5.41) is 10.7. The van der Waals surface area contributed by atoms with Gasteiger partial charge in [0, 0.05) is 0 Å². The Bertz CT molecular complexity index is 593. The quantitative estimate of drug-likeness (QED) is 0.688. The van der Waals surface area contributed by atoms with Crippen LogP contribution in [0.15, 0.2) is 70.8 Å². The first kappa shape index (κ1) is 16.3. The number of hydrogen-bond donors (Lipinski definition) is 1. The van der Waals surface area contributed by atoms with Gasteiger partial charge in [-0.2, -0.15) is 0 Å². The van der Waals surface area contributed by atoms with Gasteiger partial charge in [-0.3, -0.25) is 0 Å². The molecular weight excluding hydrogens is 443 g/mol. The van der Waals surface area contributed by atoms with E-state index in [0.29, 0.717) is 0 Å².